The predicted octanol–water partition coefficient (Wildman–Crippen LogP) is 4.56. The van der Waals surface area contributed by atoms with Crippen molar-refractivity contribution in [2.24, 2.45) is 0 Å². The van der Waals surface area contributed by atoms with Gasteiger partial charge in [-0.05, 0) is 18.1 Å². The van der Waals surface area contributed by atoms with Crippen LogP contribution < -0.4 is 0 Å². The van der Waals surface area contributed by atoms with Crippen molar-refractivity contribution >= 4 is 10.9 Å². The van der Waals surface area contributed by atoms with E-state index in [2.05, 4.69) is 9.97 Å². The number of rotatable bonds is 2. The fourth-order valence-corrected chi connectivity index (χ4v) is 2.42. The molecule has 3 heteroatoms. The second-order valence-corrected chi connectivity index (χ2v) is 5.11. The number of para-hydroxylation sites is 1. The van der Waals surface area contributed by atoms with Gasteiger partial charge in [-0.3, -0.25) is 0 Å². The molecule has 0 saturated carbocycles. The normalized spacial score (nSPS) is 11.2. The molecule has 20 heavy (non-hydrogen) atoms. The SMILES string of the molecule is CC(C)c1c(F)cccc1-c1ncc2ccccc2n1. The molecule has 0 N–H and O–H groups in total. The predicted molar refractivity (Wildman–Crippen MR) is 79.0 cm³/mol. The van der Waals surface area contributed by atoms with Gasteiger partial charge in [0, 0.05) is 22.7 Å². The third-order valence-corrected chi connectivity index (χ3v) is 3.36. The van der Waals surface area contributed by atoms with E-state index in [9.17, 15) is 4.39 Å². The Bertz CT molecular complexity index is 766. The molecule has 100 valence electrons. The molecule has 0 fully saturated rings. The summed E-state index contributed by atoms with van der Waals surface area (Å²) in [5, 5.41) is 0.985. The van der Waals surface area contributed by atoms with Crippen LogP contribution in [-0.4, -0.2) is 9.97 Å². The van der Waals surface area contributed by atoms with Gasteiger partial charge in [0.25, 0.3) is 0 Å². The number of benzene rings is 2. The van der Waals surface area contributed by atoms with Gasteiger partial charge in [0.15, 0.2) is 5.82 Å². The summed E-state index contributed by atoms with van der Waals surface area (Å²) in [6, 6.07) is 12.9. The monoisotopic (exact) mass is 266 g/mol. The number of halogens is 1. The number of nitrogens with zero attached hydrogens (tertiary/aromatic N) is 2. The van der Waals surface area contributed by atoms with Crippen molar-refractivity contribution in [2.45, 2.75) is 19.8 Å². The number of aromatic nitrogens is 2. The number of fused-ring (bicyclic) bond motifs is 1. The largest absolute Gasteiger partial charge is 0.236 e. The molecular formula is C17H15FN2. The summed E-state index contributed by atoms with van der Waals surface area (Å²) in [7, 11) is 0. The van der Waals surface area contributed by atoms with Crippen LogP contribution in [0.2, 0.25) is 0 Å². The Kier molecular flexibility index (Phi) is 3.18. The topological polar surface area (TPSA) is 25.8 Å². The van der Waals surface area contributed by atoms with Gasteiger partial charge in [0.2, 0.25) is 0 Å². The van der Waals surface area contributed by atoms with Crippen LogP contribution in [-0.2, 0) is 0 Å². The number of hydrogen-bond donors (Lipinski definition) is 0. The summed E-state index contributed by atoms with van der Waals surface area (Å²) < 4.78 is 14.0. The lowest BCUT2D eigenvalue weighted by Gasteiger charge is -2.13. The molecule has 0 unspecified atom stereocenters. The molecule has 3 aromatic rings. The van der Waals surface area contributed by atoms with Crippen LogP contribution in [0, 0.1) is 5.82 Å². The van der Waals surface area contributed by atoms with Crippen LogP contribution in [0.4, 0.5) is 4.39 Å². The minimum absolute atomic E-state index is 0.0845. The summed E-state index contributed by atoms with van der Waals surface area (Å²) in [6.45, 7) is 3.95. The Balaban J connectivity index is 2.23. The maximum atomic E-state index is 14.0. The van der Waals surface area contributed by atoms with Crippen molar-refractivity contribution in [1.82, 2.24) is 9.97 Å². The van der Waals surface area contributed by atoms with Crippen molar-refractivity contribution in [3.8, 4) is 11.4 Å². The van der Waals surface area contributed by atoms with Crippen molar-refractivity contribution in [3.05, 3.63) is 60.0 Å². The van der Waals surface area contributed by atoms with E-state index >= 15 is 0 Å². The molecule has 2 nitrogen and oxygen atoms in total. The van der Waals surface area contributed by atoms with E-state index in [4.69, 9.17) is 0 Å². The average Bonchev–Trinajstić information content (AvgIpc) is 2.46. The lowest BCUT2D eigenvalue weighted by molar-refractivity contribution is 0.599. The summed E-state index contributed by atoms with van der Waals surface area (Å²) in [4.78, 5) is 8.94. The van der Waals surface area contributed by atoms with Gasteiger partial charge in [0.1, 0.15) is 5.82 Å². The second-order valence-electron chi connectivity index (χ2n) is 5.11. The van der Waals surface area contributed by atoms with E-state index in [-0.39, 0.29) is 11.7 Å². The van der Waals surface area contributed by atoms with E-state index in [0.717, 1.165) is 16.5 Å². The molecule has 0 spiro atoms. The summed E-state index contributed by atoms with van der Waals surface area (Å²) in [5.41, 5.74) is 2.31. The van der Waals surface area contributed by atoms with E-state index in [0.29, 0.717) is 11.4 Å². The van der Waals surface area contributed by atoms with E-state index in [1.54, 1.807) is 12.3 Å². The summed E-state index contributed by atoms with van der Waals surface area (Å²) >= 11 is 0. The third kappa shape index (κ3) is 2.16. The lowest BCUT2D eigenvalue weighted by atomic mass is 9.96. The first kappa shape index (κ1) is 12.7. The van der Waals surface area contributed by atoms with Crippen LogP contribution in [0.1, 0.15) is 25.3 Å². The van der Waals surface area contributed by atoms with Crippen LogP contribution in [0.25, 0.3) is 22.3 Å². The molecule has 0 saturated heterocycles. The van der Waals surface area contributed by atoms with Gasteiger partial charge < -0.3 is 0 Å². The second kappa shape index (κ2) is 5.00. The van der Waals surface area contributed by atoms with E-state index < -0.39 is 0 Å². The van der Waals surface area contributed by atoms with Crippen LogP contribution in [0.3, 0.4) is 0 Å². The quantitative estimate of drug-likeness (QED) is 0.679. The molecule has 0 radical (unpaired) electrons. The highest BCUT2D eigenvalue weighted by Gasteiger charge is 2.15. The van der Waals surface area contributed by atoms with Gasteiger partial charge in [-0.15, -0.1) is 0 Å². The first-order valence-electron chi connectivity index (χ1n) is 6.67. The first-order valence-corrected chi connectivity index (χ1v) is 6.67. The fourth-order valence-electron chi connectivity index (χ4n) is 2.42. The Morgan fingerprint density at radius 2 is 1.80 bits per heavy atom. The minimum Gasteiger partial charge on any atom is -0.236 e. The zero-order valence-electron chi connectivity index (χ0n) is 11.5. The highest BCUT2D eigenvalue weighted by Crippen LogP contribution is 2.29. The van der Waals surface area contributed by atoms with E-state index in [1.165, 1.54) is 6.07 Å². The molecule has 0 bridgehead atoms. The molecule has 1 aromatic heterocycles. The lowest BCUT2D eigenvalue weighted by Crippen LogP contribution is -2.00. The van der Waals surface area contributed by atoms with E-state index in [1.807, 2.05) is 44.2 Å². The van der Waals surface area contributed by atoms with Gasteiger partial charge >= 0.3 is 0 Å². The fraction of sp³-hybridized carbons (Fsp3) is 0.176. The van der Waals surface area contributed by atoms with Crippen molar-refractivity contribution in [1.29, 1.82) is 0 Å². The van der Waals surface area contributed by atoms with Crippen LogP contribution in [0.15, 0.2) is 48.7 Å². The molecule has 0 aliphatic carbocycles. The summed E-state index contributed by atoms with van der Waals surface area (Å²) in [6.07, 6.45) is 1.78. The van der Waals surface area contributed by atoms with Crippen molar-refractivity contribution < 1.29 is 4.39 Å². The van der Waals surface area contributed by atoms with Gasteiger partial charge in [0.05, 0.1) is 5.52 Å². The highest BCUT2D eigenvalue weighted by atomic mass is 19.1. The van der Waals surface area contributed by atoms with Crippen LogP contribution in [0.5, 0.6) is 0 Å². The van der Waals surface area contributed by atoms with Gasteiger partial charge in [-0.1, -0.05) is 44.2 Å². The Morgan fingerprint density at radius 3 is 2.60 bits per heavy atom. The average molecular weight is 266 g/mol. The molecule has 0 aliphatic heterocycles. The molecule has 0 atom stereocenters. The third-order valence-electron chi connectivity index (χ3n) is 3.36. The Morgan fingerprint density at radius 1 is 1.00 bits per heavy atom. The Hall–Kier alpha value is -2.29. The molecule has 2 aromatic carbocycles. The van der Waals surface area contributed by atoms with Gasteiger partial charge in [-0.25, -0.2) is 14.4 Å². The first-order chi connectivity index (χ1) is 9.66. The molecule has 0 aliphatic rings. The van der Waals surface area contributed by atoms with Crippen molar-refractivity contribution in [2.75, 3.05) is 0 Å². The molecule has 1 heterocycles. The molecular weight excluding hydrogens is 251 g/mol. The molecule has 0 amide bonds. The smallest absolute Gasteiger partial charge is 0.160 e. The summed E-state index contributed by atoms with van der Waals surface area (Å²) in [5.74, 6) is 0.461. The minimum atomic E-state index is -0.200. The van der Waals surface area contributed by atoms with Crippen LogP contribution >= 0.6 is 0 Å². The van der Waals surface area contributed by atoms with Gasteiger partial charge in [-0.2, -0.15) is 0 Å². The maximum absolute atomic E-state index is 14.0. The zero-order valence-corrected chi connectivity index (χ0v) is 11.5. The maximum Gasteiger partial charge on any atom is 0.160 e. The Labute approximate surface area is 117 Å². The molecule has 3 rings (SSSR count). The standard InChI is InChI=1S/C17H15FN2/c1-11(2)16-13(7-5-8-14(16)18)17-19-10-12-6-3-4-9-15(12)20-17/h3-11H,1-2H3. The highest BCUT2D eigenvalue weighted by molar-refractivity contribution is 5.79. The number of hydrogen-bond acceptors (Lipinski definition) is 2. The van der Waals surface area contributed by atoms with Crippen molar-refractivity contribution in [3.63, 3.8) is 0 Å². The zero-order chi connectivity index (χ0) is 14.1.